The number of hydrogen-bond donors (Lipinski definition) is 2. The molecule has 0 heterocycles. The fourth-order valence-electron chi connectivity index (χ4n) is 7.74. The molecule has 0 aliphatic heterocycles. The molecule has 0 spiro atoms. The molecule has 126 valence electrons. The first-order valence-corrected chi connectivity index (χ1v) is 9.87. The SMILES string of the molecule is C[C@]12CCCC[C@@H]1CC[C@H]1[C@H]3CC[C@](O)(CN)[C@@]3(C)CC[C@@H]12. The maximum absolute atomic E-state index is 11.1. The second-order valence-corrected chi connectivity index (χ2v) is 9.63. The van der Waals surface area contributed by atoms with Crippen molar-refractivity contribution in [1.82, 2.24) is 0 Å². The molecule has 0 aromatic rings. The minimum Gasteiger partial charge on any atom is -0.388 e. The number of fused-ring (bicyclic) bond motifs is 5. The lowest BCUT2D eigenvalue weighted by Gasteiger charge is -2.61. The van der Waals surface area contributed by atoms with Gasteiger partial charge < -0.3 is 10.8 Å². The van der Waals surface area contributed by atoms with E-state index in [1.807, 2.05) is 0 Å². The zero-order chi connectivity index (χ0) is 15.6. The van der Waals surface area contributed by atoms with E-state index in [9.17, 15) is 5.11 Å². The number of nitrogens with two attached hydrogens (primary N) is 1. The predicted octanol–water partition coefficient (Wildman–Crippen LogP) is 4.11. The van der Waals surface area contributed by atoms with E-state index in [1.165, 1.54) is 57.8 Å². The highest BCUT2D eigenvalue weighted by molar-refractivity contribution is 5.14. The third-order valence-corrected chi connectivity index (χ3v) is 9.24. The summed E-state index contributed by atoms with van der Waals surface area (Å²) >= 11 is 0. The summed E-state index contributed by atoms with van der Waals surface area (Å²) < 4.78 is 0. The van der Waals surface area contributed by atoms with Crippen molar-refractivity contribution in [1.29, 1.82) is 0 Å². The molecule has 4 fully saturated rings. The summed E-state index contributed by atoms with van der Waals surface area (Å²) in [6.07, 6.45) is 13.4. The van der Waals surface area contributed by atoms with Crippen LogP contribution >= 0.6 is 0 Å². The lowest BCUT2D eigenvalue weighted by atomic mass is 9.44. The molecule has 0 amide bonds. The van der Waals surface area contributed by atoms with Crippen LogP contribution < -0.4 is 5.73 Å². The highest BCUT2D eigenvalue weighted by Gasteiger charge is 2.63. The Morgan fingerprint density at radius 1 is 0.909 bits per heavy atom. The first-order chi connectivity index (χ1) is 10.4. The maximum Gasteiger partial charge on any atom is 0.0825 e. The molecule has 0 aromatic carbocycles. The van der Waals surface area contributed by atoms with E-state index in [2.05, 4.69) is 13.8 Å². The van der Waals surface area contributed by atoms with Crippen LogP contribution in [0.25, 0.3) is 0 Å². The van der Waals surface area contributed by atoms with Gasteiger partial charge in [0.05, 0.1) is 5.60 Å². The van der Waals surface area contributed by atoms with Gasteiger partial charge in [0, 0.05) is 12.0 Å². The molecule has 0 unspecified atom stereocenters. The smallest absolute Gasteiger partial charge is 0.0825 e. The number of hydrogen-bond acceptors (Lipinski definition) is 2. The van der Waals surface area contributed by atoms with Crippen molar-refractivity contribution >= 4 is 0 Å². The van der Waals surface area contributed by atoms with Gasteiger partial charge in [-0.15, -0.1) is 0 Å². The summed E-state index contributed by atoms with van der Waals surface area (Å²) in [5, 5.41) is 11.1. The van der Waals surface area contributed by atoms with Gasteiger partial charge in [0.15, 0.2) is 0 Å². The van der Waals surface area contributed by atoms with Crippen LogP contribution in [0.1, 0.15) is 78.1 Å². The third kappa shape index (κ3) is 1.80. The minimum atomic E-state index is -0.590. The first-order valence-electron chi connectivity index (χ1n) is 9.87. The van der Waals surface area contributed by atoms with E-state index >= 15 is 0 Å². The van der Waals surface area contributed by atoms with E-state index in [-0.39, 0.29) is 5.41 Å². The highest BCUT2D eigenvalue weighted by atomic mass is 16.3. The lowest BCUT2D eigenvalue weighted by molar-refractivity contribution is -0.148. The van der Waals surface area contributed by atoms with E-state index < -0.39 is 5.60 Å². The quantitative estimate of drug-likeness (QED) is 0.766. The van der Waals surface area contributed by atoms with Gasteiger partial charge in [-0.25, -0.2) is 0 Å². The van der Waals surface area contributed by atoms with Gasteiger partial charge in [-0.1, -0.05) is 26.7 Å². The molecule has 0 radical (unpaired) electrons. The summed E-state index contributed by atoms with van der Waals surface area (Å²) in [5.41, 5.74) is 6.11. The summed E-state index contributed by atoms with van der Waals surface area (Å²) in [6, 6.07) is 0. The van der Waals surface area contributed by atoms with Crippen molar-refractivity contribution in [2.75, 3.05) is 6.54 Å². The molecule has 4 aliphatic rings. The summed E-state index contributed by atoms with van der Waals surface area (Å²) in [4.78, 5) is 0. The van der Waals surface area contributed by atoms with Crippen molar-refractivity contribution in [3.05, 3.63) is 0 Å². The van der Waals surface area contributed by atoms with Crippen LogP contribution in [0.3, 0.4) is 0 Å². The van der Waals surface area contributed by atoms with Crippen LogP contribution in [-0.2, 0) is 0 Å². The molecular formula is C20H35NO. The van der Waals surface area contributed by atoms with Crippen molar-refractivity contribution in [3.8, 4) is 0 Å². The third-order valence-electron chi connectivity index (χ3n) is 9.24. The van der Waals surface area contributed by atoms with Gasteiger partial charge in [-0.3, -0.25) is 0 Å². The fraction of sp³-hybridized carbons (Fsp3) is 1.00. The molecule has 2 nitrogen and oxygen atoms in total. The van der Waals surface area contributed by atoms with Crippen molar-refractivity contribution in [3.63, 3.8) is 0 Å². The van der Waals surface area contributed by atoms with E-state index in [4.69, 9.17) is 5.73 Å². The Bertz CT molecular complexity index is 449. The van der Waals surface area contributed by atoms with Crippen LogP contribution in [0.4, 0.5) is 0 Å². The largest absolute Gasteiger partial charge is 0.388 e. The molecular weight excluding hydrogens is 270 g/mol. The lowest BCUT2D eigenvalue weighted by Crippen LogP contribution is -2.58. The van der Waals surface area contributed by atoms with Gasteiger partial charge >= 0.3 is 0 Å². The predicted molar refractivity (Wildman–Crippen MR) is 90.3 cm³/mol. The zero-order valence-electron chi connectivity index (χ0n) is 14.6. The Morgan fingerprint density at radius 2 is 1.68 bits per heavy atom. The van der Waals surface area contributed by atoms with Crippen LogP contribution in [0.5, 0.6) is 0 Å². The van der Waals surface area contributed by atoms with Crippen LogP contribution in [0.2, 0.25) is 0 Å². The normalized spacial score (nSPS) is 57.8. The molecule has 0 saturated heterocycles. The summed E-state index contributed by atoms with van der Waals surface area (Å²) in [6.45, 7) is 5.45. The Hall–Kier alpha value is -0.0800. The Morgan fingerprint density at radius 3 is 2.45 bits per heavy atom. The molecule has 2 heteroatoms. The van der Waals surface area contributed by atoms with Gasteiger partial charge in [-0.05, 0) is 80.5 Å². The average molecular weight is 306 g/mol. The second kappa shape index (κ2) is 4.96. The summed E-state index contributed by atoms with van der Waals surface area (Å²) in [7, 11) is 0. The maximum atomic E-state index is 11.1. The number of rotatable bonds is 1. The molecule has 0 bridgehead atoms. The minimum absolute atomic E-state index is 0.0841. The van der Waals surface area contributed by atoms with Crippen molar-refractivity contribution < 1.29 is 5.11 Å². The topological polar surface area (TPSA) is 46.2 Å². The molecule has 22 heavy (non-hydrogen) atoms. The molecule has 7 atom stereocenters. The van der Waals surface area contributed by atoms with Crippen LogP contribution in [-0.4, -0.2) is 17.3 Å². The van der Waals surface area contributed by atoms with Gasteiger partial charge in [0.1, 0.15) is 0 Å². The van der Waals surface area contributed by atoms with Crippen molar-refractivity contribution in [2.45, 2.75) is 83.7 Å². The molecule has 3 N–H and O–H groups in total. The van der Waals surface area contributed by atoms with Crippen LogP contribution in [0, 0.1) is 34.5 Å². The average Bonchev–Trinajstić information content (AvgIpc) is 2.79. The Kier molecular flexibility index (Phi) is 3.48. The zero-order valence-corrected chi connectivity index (χ0v) is 14.6. The monoisotopic (exact) mass is 305 g/mol. The molecule has 0 aromatic heterocycles. The van der Waals surface area contributed by atoms with E-state index in [1.54, 1.807) is 0 Å². The molecule has 4 rings (SSSR count). The fourth-order valence-corrected chi connectivity index (χ4v) is 7.74. The number of aliphatic hydroxyl groups is 1. The molecule has 4 aliphatic carbocycles. The van der Waals surface area contributed by atoms with Gasteiger partial charge in [-0.2, -0.15) is 0 Å². The molecule has 4 saturated carbocycles. The standard InChI is InChI=1S/C20H35NO/c1-18-10-4-3-5-14(18)6-7-15-16(18)8-11-19(2)17(15)9-12-20(19,22)13-21/h14-17,22H,3-13,21H2,1-2H3/t14-,15-,16+,17-,18+,19+,20+/m1/s1. The van der Waals surface area contributed by atoms with Crippen molar-refractivity contribution in [2.24, 2.45) is 40.2 Å². The first kappa shape index (κ1) is 15.4. The second-order valence-electron chi connectivity index (χ2n) is 9.63. The Labute approximate surface area is 136 Å². The van der Waals surface area contributed by atoms with Gasteiger partial charge in [0.25, 0.3) is 0 Å². The van der Waals surface area contributed by atoms with E-state index in [0.29, 0.717) is 12.0 Å². The van der Waals surface area contributed by atoms with Crippen LogP contribution in [0.15, 0.2) is 0 Å². The Balaban J connectivity index is 1.65. The summed E-state index contributed by atoms with van der Waals surface area (Å²) in [5.74, 6) is 3.49. The highest BCUT2D eigenvalue weighted by Crippen LogP contribution is 2.68. The van der Waals surface area contributed by atoms with Gasteiger partial charge in [0.2, 0.25) is 0 Å². The van der Waals surface area contributed by atoms with E-state index in [0.717, 1.165) is 30.1 Å².